The van der Waals surface area contributed by atoms with Crippen LogP contribution in [0.25, 0.3) is 0 Å². The lowest BCUT2D eigenvalue weighted by atomic mass is 10.1. The fourth-order valence-corrected chi connectivity index (χ4v) is 2.56. The number of carbonyl (C=O) groups is 1. The number of carbonyl (C=O) groups excluding carboxylic acids is 1. The molecule has 0 saturated carbocycles. The molecule has 1 aliphatic heterocycles. The molecule has 0 bridgehead atoms. The molecule has 6 heteroatoms. The molecule has 0 fully saturated rings. The normalized spacial score (nSPS) is 14.8. The molecule has 0 saturated heterocycles. The molecular formula is C11H14N2O3S. The third kappa shape index (κ3) is 2.58. The van der Waals surface area contributed by atoms with Gasteiger partial charge in [-0.3, -0.25) is 4.79 Å². The van der Waals surface area contributed by atoms with Gasteiger partial charge in [-0.05, 0) is 24.1 Å². The van der Waals surface area contributed by atoms with Gasteiger partial charge in [-0.2, -0.15) is 0 Å². The van der Waals surface area contributed by atoms with Gasteiger partial charge < -0.3 is 10.6 Å². The van der Waals surface area contributed by atoms with Gasteiger partial charge in [-0.1, -0.05) is 6.07 Å². The van der Waals surface area contributed by atoms with Crippen LogP contribution in [-0.4, -0.2) is 32.9 Å². The van der Waals surface area contributed by atoms with Crippen molar-refractivity contribution in [3.8, 4) is 0 Å². The van der Waals surface area contributed by atoms with E-state index in [1.54, 1.807) is 12.1 Å². The van der Waals surface area contributed by atoms with E-state index in [4.69, 9.17) is 5.73 Å². The van der Waals surface area contributed by atoms with Gasteiger partial charge >= 0.3 is 0 Å². The monoisotopic (exact) mass is 254 g/mol. The maximum atomic E-state index is 11.8. The summed E-state index contributed by atoms with van der Waals surface area (Å²) in [5.74, 6) is -0.849. The van der Waals surface area contributed by atoms with Crippen LogP contribution in [0.4, 0.5) is 11.4 Å². The van der Waals surface area contributed by atoms with E-state index in [2.05, 4.69) is 0 Å². The number of fused-ring (bicyclic) bond motifs is 1. The fourth-order valence-electron chi connectivity index (χ4n) is 1.96. The zero-order valence-electron chi connectivity index (χ0n) is 9.51. The highest BCUT2D eigenvalue weighted by molar-refractivity contribution is 7.91. The Morgan fingerprint density at radius 1 is 1.47 bits per heavy atom. The standard InChI is InChI=1S/C11H14N2O3S/c1-17(15,16)7-11(14)13-5-4-8-2-3-9(12)6-10(8)13/h2-3,6H,4-5,7,12H2,1H3. The van der Waals surface area contributed by atoms with Crippen LogP contribution >= 0.6 is 0 Å². The first-order valence-corrected chi connectivity index (χ1v) is 7.29. The quantitative estimate of drug-likeness (QED) is 0.765. The average molecular weight is 254 g/mol. The summed E-state index contributed by atoms with van der Waals surface area (Å²) < 4.78 is 22.2. The summed E-state index contributed by atoms with van der Waals surface area (Å²) in [7, 11) is -3.30. The summed E-state index contributed by atoms with van der Waals surface area (Å²) in [4.78, 5) is 13.3. The molecule has 1 aliphatic rings. The number of benzene rings is 1. The van der Waals surface area contributed by atoms with Crippen LogP contribution in [0.2, 0.25) is 0 Å². The van der Waals surface area contributed by atoms with Crippen LogP contribution < -0.4 is 10.6 Å². The van der Waals surface area contributed by atoms with Crippen LogP contribution in [0.3, 0.4) is 0 Å². The van der Waals surface area contributed by atoms with Gasteiger partial charge in [-0.25, -0.2) is 8.42 Å². The summed E-state index contributed by atoms with van der Waals surface area (Å²) in [6, 6.07) is 5.37. The summed E-state index contributed by atoms with van der Waals surface area (Å²) in [6.45, 7) is 0.521. The summed E-state index contributed by atoms with van der Waals surface area (Å²) in [5, 5.41) is 0. The molecule has 0 unspecified atom stereocenters. The molecule has 0 atom stereocenters. The molecule has 5 nitrogen and oxygen atoms in total. The number of rotatable bonds is 2. The minimum absolute atomic E-state index is 0.392. The van der Waals surface area contributed by atoms with Gasteiger partial charge in [0.15, 0.2) is 9.84 Å². The number of hydrogen-bond acceptors (Lipinski definition) is 4. The molecule has 0 spiro atoms. The van der Waals surface area contributed by atoms with E-state index in [0.29, 0.717) is 12.2 Å². The maximum Gasteiger partial charge on any atom is 0.242 e. The molecule has 0 aromatic heterocycles. The van der Waals surface area contributed by atoms with E-state index in [1.807, 2.05) is 6.07 Å². The number of nitrogen functional groups attached to an aromatic ring is 1. The van der Waals surface area contributed by atoms with Gasteiger partial charge in [0.05, 0.1) is 0 Å². The maximum absolute atomic E-state index is 11.8. The Morgan fingerprint density at radius 2 is 2.18 bits per heavy atom. The van der Waals surface area contributed by atoms with E-state index in [1.165, 1.54) is 4.90 Å². The number of sulfone groups is 1. The van der Waals surface area contributed by atoms with Crippen molar-refractivity contribution in [3.05, 3.63) is 23.8 Å². The van der Waals surface area contributed by atoms with Crippen LogP contribution in [0.5, 0.6) is 0 Å². The highest BCUT2D eigenvalue weighted by Gasteiger charge is 2.26. The summed E-state index contributed by atoms with van der Waals surface area (Å²) >= 11 is 0. The first-order valence-electron chi connectivity index (χ1n) is 5.23. The predicted octanol–water partition coefficient (Wildman–Crippen LogP) is 0.202. The number of nitrogens with two attached hydrogens (primary N) is 1. The Bertz CT molecular complexity index is 566. The van der Waals surface area contributed by atoms with E-state index >= 15 is 0 Å². The van der Waals surface area contributed by atoms with Crippen molar-refractivity contribution in [2.75, 3.05) is 29.2 Å². The van der Waals surface area contributed by atoms with Gasteiger partial charge in [0.25, 0.3) is 0 Å². The van der Waals surface area contributed by atoms with Gasteiger partial charge in [0.1, 0.15) is 5.75 Å². The lowest BCUT2D eigenvalue weighted by Crippen LogP contribution is -2.34. The first kappa shape index (κ1) is 11.9. The molecule has 1 heterocycles. The third-order valence-electron chi connectivity index (χ3n) is 2.69. The summed E-state index contributed by atoms with van der Waals surface area (Å²) in [5.41, 5.74) is 8.00. The van der Waals surface area contributed by atoms with Crippen LogP contribution in [0.1, 0.15) is 5.56 Å². The first-order chi connectivity index (χ1) is 7.87. The highest BCUT2D eigenvalue weighted by atomic mass is 32.2. The second kappa shape index (κ2) is 4.03. The van der Waals surface area contributed by atoms with Crippen molar-refractivity contribution in [1.82, 2.24) is 0 Å². The topological polar surface area (TPSA) is 80.5 Å². The van der Waals surface area contributed by atoms with E-state index in [-0.39, 0.29) is 0 Å². The van der Waals surface area contributed by atoms with Crippen molar-refractivity contribution >= 4 is 27.1 Å². The van der Waals surface area contributed by atoms with E-state index in [0.717, 1.165) is 23.9 Å². The Kier molecular flexibility index (Phi) is 2.82. The molecule has 1 aromatic rings. The average Bonchev–Trinajstić information content (AvgIpc) is 2.57. The Labute approximate surface area is 100 Å². The molecule has 92 valence electrons. The zero-order valence-corrected chi connectivity index (χ0v) is 10.3. The third-order valence-corrected chi connectivity index (χ3v) is 3.46. The van der Waals surface area contributed by atoms with E-state index in [9.17, 15) is 13.2 Å². The fraction of sp³-hybridized carbons (Fsp3) is 0.364. The largest absolute Gasteiger partial charge is 0.399 e. The van der Waals surface area contributed by atoms with Crippen LogP contribution in [-0.2, 0) is 21.1 Å². The van der Waals surface area contributed by atoms with Gasteiger partial charge in [0.2, 0.25) is 5.91 Å². The van der Waals surface area contributed by atoms with Crippen molar-refractivity contribution in [2.24, 2.45) is 0 Å². The summed E-state index contributed by atoms with van der Waals surface area (Å²) in [6.07, 6.45) is 1.80. The van der Waals surface area contributed by atoms with Crippen molar-refractivity contribution < 1.29 is 13.2 Å². The molecule has 17 heavy (non-hydrogen) atoms. The van der Waals surface area contributed by atoms with Gasteiger partial charge in [0, 0.05) is 24.2 Å². The molecular weight excluding hydrogens is 240 g/mol. The molecule has 1 aromatic carbocycles. The lowest BCUT2D eigenvalue weighted by molar-refractivity contribution is -0.116. The molecule has 0 radical (unpaired) electrons. The Balaban J connectivity index is 2.27. The second-order valence-corrected chi connectivity index (χ2v) is 6.39. The predicted molar refractivity (Wildman–Crippen MR) is 66.6 cm³/mol. The van der Waals surface area contributed by atoms with Crippen LogP contribution in [0, 0.1) is 0 Å². The number of anilines is 2. The van der Waals surface area contributed by atoms with Gasteiger partial charge in [-0.15, -0.1) is 0 Å². The minimum atomic E-state index is -3.30. The molecule has 2 rings (SSSR count). The van der Waals surface area contributed by atoms with Crippen molar-refractivity contribution in [2.45, 2.75) is 6.42 Å². The molecule has 2 N–H and O–H groups in total. The molecule has 1 amide bonds. The number of amides is 1. The van der Waals surface area contributed by atoms with Crippen LogP contribution in [0.15, 0.2) is 18.2 Å². The Morgan fingerprint density at radius 3 is 2.82 bits per heavy atom. The smallest absolute Gasteiger partial charge is 0.242 e. The number of hydrogen-bond donors (Lipinski definition) is 1. The second-order valence-electron chi connectivity index (χ2n) is 4.25. The number of nitrogens with zero attached hydrogens (tertiary/aromatic N) is 1. The Hall–Kier alpha value is -1.56. The SMILES string of the molecule is CS(=O)(=O)CC(=O)N1CCc2ccc(N)cc21. The highest BCUT2D eigenvalue weighted by Crippen LogP contribution is 2.29. The minimum Gasteiger partial charge on any atom is -0.399 e. The zero-order chi connectivity index (χ0) is 12.6. The molecule has 0 aliphatic carbocycles. The lowest BCUT2D eigenvalue weighted by Gasteiger charge is -2.17. The van der Waals surface area contributed by atoms with E-state index < -0.39 is 21.5 Å². The van der Waals surface area contributed by atoms with Crippen molar-refractivity contribution in [1.29, 1.82) is 0 Å². The van der Waals surface area contributed by atoms with Crippen molar-refractivity contribution in [3.63, 3.8) is 0 Å².